The Morgan fingerprint density at radius 2 is 1.13 bits per heavy atom. The Labute approximate surface area is 393 Å². The molecule has 0 atom stereocenters. The van der Waals surface area contributed by atoms with E-state index in [4.69, 9.17) is 6.42 Å². The van der Waals surface area contributed by atoms with E-state index in [0.29, 0.717) is 0 Å². The van der Waals surface area contributed by atoms with Crippen molar-refractivity contribution in [3.05, 3.63) is 260 Å². The second-order valence-electron chi connectivity index (χ2n) is 17.1. The number of hydrogen-bond donors (Lipinski definition) is 0. The molecule has 0 bridgehead atoms. The molecule has 67 heavy (non-hydrogen) atoms. The molecule has 0 N–H and O–H groups in total. The average molecular weight is 857 g/mol. The number of aromatic nitrogens is 1. The Morgan fingerprint density at radius 1 is 0.552 bits per heavy atom. The number of fused-ring (bicyclic) bond motifs is 4. The normalized spacial score (nSPS) is 12.9. The van der Waals surface area contributed by atoms with Gasteiger partial charge in [0.15, 0.2) is 0 Å². The molecule has 0 fully saturated rings. The molecule has 0 unspecified atom stereocenters. The number of para-hydroxylation sites is 2. The number of terminal acetylenes is 1. The Morgan fingerprint density at radius 3 is 1.81 bits per heavy atom. The van der Waals surface area contributed by atoms with Crippen LogP contribution in [0.15, 0.2) is 248 Å². The largest absolute Gasteiger partial charge is 0.309 e. The van der Waals surface area contributed by atoms with Crippen LogP contribution in [0.3, 0.4) is 0 Å². The van der Waals surface area contributed by atoms with Gasteiger partial charge >= 0.3 is 0 Å². The third kappa shape index (κ3) is 7.78. The summed E-state index contributed by atoms with van der Waals surface area (Å²) in [5, 5.41) is 4.84. The lowest BCUT2D eigenvalue weighted by molar-refractivity contribution is 1.06. The smallest absolute Gasteiger partial charge is 0.0621 e. The summed E-state index contributed by atoms with van der Waals surface area (Å²) in [6.07, 6.45) is 19.7. The molecule has 0 aliphatic heterocycles. The predicted octanol–water partition coefficient (Wildman–Crippen LogP) is 17.4. The first-order valence-corrected chi connectivity index (χ1v) is 23.1. The van der Waals surface area contributed by atoms with Crippen LogP contribution in [0.25, 0.3) is 82.8 Å². The summed E-state index contributed by atoms with van der Waals surface area (Å²) in [6.45, 7) is 2.07. The lowest BCUT2D eigenvalue weighted by atomic mass is 9.88. The third-order valence-corrected chi connectivity index (χ3v) is 13.1. The Bertz CT molecular complexity index is 3570. The van der Waals surface area contributed by atoms with Gasteiger partial charge < -0.3 is 9.47 Å². The summed E-state index contributed by atoms with van der Waals surface area (Å²) in [4.78, 5) is 2.33. The molecule has 318 valence electrons. The number of nitrogens with zero attached hydrogens (tertiary/aromatic N) is 2. The van der Waals surface area contributed by atoms with Crippen LogP contribution in [0.2, 0.25) is 0 Å². The molecule has 0 amide bonds. The maximum absolute atomic E-state index is 6.76. The molecule has 9 aromatic carbocycles. The Hall–Kier alpha value is -8.64. The number of rotatable bonds is 10. The number of anilines is 2. The lowest BCUT2D eigenvalue weighted by Gasteiger charge is -2.29. The quantitative estimate of drug-likeness (QED) is 0.0983. The standard InChI is InChI=1S/C65H48N2/c1-3-19-62(57(4-2)61-33-18-25-51-24-17-32-58(65(51)61)50-22-9-6-10-23-50)66(55-28-15-26-52(44-55)48-38-36-47(37-39-48)46-20-7-5-8-21-46)54-42-40-49(41-43-54)53-27-16-29-56(45-53)67-63-34-13-11-30-59(63)60-31-12-14-35-64(60)67/h2-3,5-9,11-22,24-45H,10,23H2,1H3/b19-3-,62-57-. The van der Waals surface area contributed by atoms with Gasteiger partial charge in [-0.15, -0.1) is 6.42 Å². The van der Waals surface area contributed by atoms with Crippen LogP contribution in [0.5, 0.6) is 0 Å². The second kappa shape index (κ2) is 18.1. The molecule has 2 nitrogen and oxygen atoms in total. The number of benzene rings is 9. The molecule has 11 rings (SSSR count). The molecular weight excluding hydrogens is 809 g/mol. The maximum atomic E-state index is 6.76. The van der Waals surface area contributed by atoms with Crippen LogP contribution in [-0.4, -0.2) is 4.57 Å². The fourth-order valence-electron chi connectivity index (χ4n) is 9.93. The predicted molar refractivity (Wildman–Crippen MR) is 287 cm³/mol. The van der Waals surface area contributed by atoms with Crippen LogP contribution in [0.1, 0.15) is 30.9 Å². The Balaban J connectivity index is 1.06. The maximum Gasteiger partial charge on any atom is 0.0621 e. The zero-order chi connectivity index (χ0) is 45.1. The van der Waals surface area contributed by atoms with Crippen LogP contribution in [0.4, 0.5) is 11.4 Å². The highest BCUT2D eigenvalue weighted by Crippen LogP contribution is 2.41. The summed E-state index contributed by atoms with van der Waals surface area (Å²) in [7, 11) is 0. The zero-order valence-electron chi connectivity index (χ0n) is 37.5. The number of allylic oxidation sites excluding steroid dienone is 7. The van der Waals surface area contributed by atoms with E-state index in [1.807, 2.05) is 0 Å². The molecule has 0 saturated carbocycles. The van der Waals surface area contributed by atoms with Crippen molar-refractivity contribution in [3.8, 4) is 51.4 Å². The molecule has 1 heterocycles. The van der Waals surface area contributed by atoms with E-state index in [-0.39, 0.29) is 0 Å². The summed E-state index contributed by atoms with van der Waals surface area (Å²) in [6, 6.07) is 76.5. The van der Waals surface area contributed by atoms with Gasteiger partial charge in [-0.3, -0.25) is 0 Å². The van der Waals surface area contributed by atoms with Gasteiger partial charge in [0, 0.05) is 33.4 Å². The van der Waals surface area contributed by atoms with E-state index >= 15 is 0 Å². The van der Waals surface area contributed by atoms with Crippen LogP contribution in [0, 0.1) is 12.3 Å². The van der Waals surface area contributed by atoms with Crippen molar-refractivity contribution in [1.82, 2.24) is 4.57 Å². The van der Waals surface area contributed by atoms with Crippen molar-refractivity contribution >= 4 is 55.1 Å². The first-order valence-electron chi connectivity index (χ1n) is 23.1. The first kappa shape index (κ1) is 41.1. The second-order valence-corrected chi connectivity index (χ2v) is 17.1. The van der Waals surface area contributed by atoms with Crippen molar-refractivity contribution in [2.24, 2.45) is 0 Å². The van der Waals surface area contributed by atoms with Crippen molar-refractivity contribution in [3.63, 3.8) is 0 Å². The van der Waals surface area contributed by atoms with Gasteiger partial charge in [-0.2, -0.15) is 0 Å². The summed E-state index contributed by atoms with van der Waals surface area (Å²) < 4.78 is 2.38. The first-order chi connectivity index (χ1) is 33.2. The summed E-state index contributed by atoms with van der Waals surface area (Å²) >= 11 is 0. The zero-order valence-corrected chi connectivity index (χ0v) is 37.5. The minimum absolute atomic E-state index is 0.823. The molecule has 10 aromatic rings. The van der Waals surface area contributed by atoms with Crippen LogP contribution >= 0.6 is 0 Å². The molecule has 2 heteroatoms. The van der Waals surface area contributed by atoms with Gasteiger partial charge in [-0.25, -0.2) is 0 Å². The number of hydrogen-bond acceptors (Lipinski definition) is 1. The Kier molecular flexibility index (Phi) is 11.1. The highest BCUT2D eigenvalue weighted by molar-refractivity contribution is 6.09. The fourth-order valence-corrected chi connectivity index (χ4v) is 9.93. The summed E-state index contributed by atoms with van der Waals surface area (Å²) in [5.74, 6) is 3.25. The fraction of sp³-hybridized carbons (Fsp3) is 0.0462. The molecule has 0 spiro atoms. The van der Waals surface area contributed by atoms with E-state index in [2.05, 4.69) is 265 Å². The van der Waals surface area contributed by atoms with E-state index in [9.17, 15) is 0 Å². The van der Waals surface area contributed by atoms with Gasteiger partial charge in [-0.1, -0.05) is 194 Å². The minimum atomic E-state index is 0.823. The van der Waals surface area contributed by atoms with Crippen molar-refractivity contribution in [1.29, 1.82) is 0 Å². The summed E-state index contributed by atoms with van der Waals surface area (Å²) in [5.41, 5.74) is 17.8. The molecule has 0 radical (unpaired) electrons. The van der Waals surface area contributed by atoms with Crippen LogP contribution in [-0.2, 0) is 0 Å². The minimum Gasteiger partial charge on any atom is -0.309 e. The molecular formula is C65H48N2. The van der Waals surface area contributed by atoms with Crippen LogP contribution < -0.4 is 4.90 Å². The topological polar surface area (TPSA) is 8.17 Å². The van der Waals surface area contributed by atoms with Crippen molar-refractivity contribution in [2.75, 3.05) is 4.90 Å². The lowest BCUT2D eigenvalue weighted by Crippen LogP contribution is -2.17. The SMILES string of the molecule is C#C/C(=C(\C=C/C)N(c1ccc(-c2cccc(-n3c4ccccc4c4ccccc43)c2)cc1)c1cccc(-c2ccc(-c3ccccc3)cc2)c1)c1cccc2cccc(C3=CC=CCC3)c12. The van der Waals surface area contributed by atoms with Crippen molar-refractivity contribution in [2.45, 2.75) is 19.8 Å². The van der Waals surface area contributed by atoms with Crippen molar-refractivity contribution < 1.29 is 0 Å². The van der Waals surface area contributed by atoms with Gasteiger partial charge in [0.05, 0.1) is 22.3 Å². The van der Waals surface area contributed by atoms with Gasteiger partial charge in [-0.05, 0) is 130 Å². The van der Waals surface area contributed by atoms with Gasteiger partial charge in [0.25, 0.3) is 0 Å². The van der Waals surface area contributed by atoms with E-state index in [1.165, 1.54) is 49.5 Å². The molecule has 0 saturated heterocycles. The highest BCUT2D eigenvalue weighted by Gasteiger charge is 2.22. The molecule has 1 aromatic heterocycles. The average Bonchev–Trinajstić information content (AvgIpc) is 3.74. The molecule has 1 aliphatic carbocycles. The van der Waals surface area contributed by atoms with Gasteiger partial charge in [0.2, 0.25) is 0 Å². The molecule has 1 aliphatic rings. The van der Waals surface area contributed by atoms with E-state index in [1.54, 1.807) is 0 Å². The van der Waals surface area contributed by atoms with E-state index in [0.717, 1.165) is 74.4 Å². The third-order valence-electron chi connectivity index (χ3n) is 13.1. The highest BCUT2D eigenvalue weighted by atomic mass is 15.1. The van der Waals surface area contributed by atoms with Gasteiger partial charge in [0.1, 0.15) is 0 Å². The van der Waals surface area contributed by atoms with E-state index < -0.39 is 0 Å². The monoisotopic (exact) mass is 856 g/mol.